The summed E-state index contributed by atoms with van der Waals surface area (Å²) < 4.78 is 4.10. The Bertz CT molecular complexity index is 1300. The third-order valence-electron chi connectivity index (χ3n) is 6.23. The number of benzene rings is 2. The topological polar surface area (TPSA) is 64.7 Å². The fourth-order valence-electron chi connectivity index (χ4n) is 4.61. The summed E-state index contributed by atoms with van der Waals surface area (Å²) in [5, 5.41) is 7.81. The van der Waals surface area contributed by atoms with Crippen LogP contribution in [-0.2, 0) is 19.4 Å². The molecule has 1 amide bonds. The van der Waals surface area contributed by atoms with Crippen molar-refractivity contribution >= 4 is 11.6 Å². The number of nitrogens with one attached hydrogen (secondary N) is 1. The number of carbonyl (C=O) groups excluding carboxylic acids is 1. The van der Waals surface area contributed by atoms with Crippen molar-refractivity contribution in [3.05, 3.63) is 94.8 Å². The van der Waals surface area contributed by atoms with Crippen LogP contribution in [0.15, 0.2) is 60.9 Å². The van der Waals surface area contributed by atoms with Crippen LogP contribution < -0.4 is 5.32 Å². The third-order valence-corrected chi connectivity index (χ3v) is 6.23. The van der Waals surface area contributed by atoms with Crippen LogP contribution in [0.25, 0.3) is 5.69 Å². The Kier molecular flexibility index (Phi) is 5.58. The van der Waals surface area contributed by atoms with E-state index in [9.17, 15) is 4.79 Å². The van der Waals surface area contributed by atoms with Gasteiger partial charge in [-0.3, -0.25) is 4.79 Å². The van der Waals surface area contributed by atoms with Crippen molar-refractivity contribution in [3.63, 3.8) is 0 Å². The molecule has 2 heterocycles. The summed E-state index contributed by atoms with van der Waals surface area (Å²) in [5.41, 5.74) is 6.86. The van der Waals surface area contributed by atoms with E-state index >= 15 is 0 Å². The van der Waals surface area contributed by atoms with E-state index < -0.39 is 0 Å². The molecule has 5 rings (SSSR count). The van der Waals surface area contributed by atoms with Crippen LogP contribution in [0.2, 0.25) is 0 Å². The lowest BCUT2D eigenvalue weighted by atomic mass is 10.1. The molecule has 1 aliphatic rings. The highest BCUT2D eigenvalue weighted by atomic mass is 16.2. The van der Waals surface area contributed by atoms with Gasteiger partial charge in [0.1, 0.15) is 5.82 Å². The predicted molar refractivity (Wildman–Crippen MR) is 130 cm³/mol. The van der Waals surface area contributed by atoms with E-state index in [1.807, 2.05) is 35.3 Å². The zero-order chi connectivity index (χ0) is 22.9. The minimum Gasteiger partial charge on any atom is -0.330 e. The molecule has 33 heavy (non-hydrogen) atoms. The van der Waals surface area contributed by atoms with Crippen LogP contribution in [0.4, 0.5) is 5.69 Å². The zero-order valence-electron chi connectivity index (χ0n) is 19.4. The molecule has 0 atom stereocenters. The fourth-order valence-corrected chi connectivity index (χ4v) is 4.61. The van der Waals surface area contributed by atoms with Crippen LogP contribution >= 0.6 is 0 Å². The molecule has 1 aliphatic carbocycles. The van der Waals surface area contributed by atoms with E-state index in [-0.39, 0.29) is 5.91 Å². The quantitative estimate of drug-likeness (QED) is 0.444. The number of amides is 1. The molecule has 0 bridgehead atoms. The van der Waals surface area contributed by atoms with Gasteiger partial charge in [-0.1, -0.05) is 43.7 Å². The van der Waals surface area contributed by atoms with Crippen LogP contribution in [-0.4, -0.2) is 25.2 Å². The average Bonchev–Trinajstić information content (AvgIpc) is 3.51. The normalized spacial score (nSPS) is 12.8. The number of carbonyl (C=O) groups is 1. The van der Waals surface area contributed by atoms with E-state index in [0.717, 1.165) is 53.3 Å². The van der Waals surface area contributed by atoms with Crippen LogP contribution in [0, 0.1) is 6.92 Å². The smallest absolute Gasteiger partial charge is 0.276 e. The highest BCUT2D eigenvalue weighted by Crippen LogP contribution is 2.28. The Morgan fingerprint density at radius 2 is 1.94 bits per heavy atom. The monoisotopic (exact) mass is 439 g/mol. The Hall–Kier alpha value is -3.67. The average molecular weight is 440 g/mol. The van der Waals surface area contributed by atoms with Crippen molar-refractivity contribution < 1.29 is 4.79 Å². The van der Waals surface area contributed by atoms with Crippen molar-refractivity contribution in [2.45, 2.75) is 52.5 Å². The molecule has 0 radical (unpaired) electrons. The highest BCUT2D eigenvalue weighted by molar-refractivity contribution is 6.04. The maximum Gasteiger partial charge on any atom is 0.276 e. The standard InChI is InChI=1S/C27H29N5O/c1-18(2)26-28-14-15-31(26)17-20-6-4-7-21(16-20)29-27(33)25-23-8-5-9-24(23)32(30-25)22-12-10-19(3)11-13-22/h4,6-7,10-16,18H,5,8-9,17H2,1-3H3,(H,29,33). The first kappa shape index (κ1) is 21.2. The summed E-state index contributed by atoms with van der Waals surface area (Å²) in [6, 6.07) is 16.3. The lowest BCUT2D eigenvalue weighted by molar-refractivity contribution is 0.102. The molecule has 0 aliphatic heterocycles. The molecule has 6 nitrogen and oxygen atoms in total. The maximum absolute atomic E-state index is 13.2. The Labute approximate surface area is 194 Å². The van der Waals surface area contributed by atoms with Gasteiger partial charge in [-0.05, 0) is 56.0 Å². The van der Waals surface area contributed by atoms with Gasteiger partial charge in [-0.2, -0.15) is 5.10 Å². The summed E-state index contributed by atoms with van der Waals surface area (Å²) in [4.78, 5) is 17.7. The fraction of sp³-hybridized carbons (Fsp3) is 0.296. The van der Waals surface area contributed by atoms with E-state index in [1.165, 1.54) is 5.56 Å². The second-order valence-electron chi connectivity index (χ2n) is 9.10. The van der Waals surface area contributed by atoms with Crippen LogP contribution in [0.3, 0.4) is 0 Å². The molecule has 2 aromatic carbocycles. The van der Waals surface area contributed by atoms with Gasteiger partial charge in [0.25, 0.3) is 5.91 Å². The molecule has 0 unspecified atom stereocenters. The lowest BCUT2D eigenvalue weighted by Crippen LogP contribution is -2.15. The molecule has 0 saturated carbocycles. The molecular weight excluding hydrogens is 410 g/mol. The summed E-state index contributed by atoms with van der Waals surface area (Å²) in [5.74, 6) is 1.26. The molecule has 4 aromatic rings. The first-order valence-corrected chi connectivity index (χ1v) is 11.6. The predicted octanol–water partition coefficient (Wildman–Crippen LogP) is 5.29. The largest absolute Gasteiger partial charge is 0.330 e. The number of aromatic nitrogens is 4. The minimum atomic E-state index is -0.151. The van der Waals surface area contributed by atoms with Gasteiger partial charge in [0.05, 0.1) is 5.69 Å². The van der Waals surface area contributed by atoms with E-state index in [0.29, 0.717) is 18.2 Å². The van der Waals surface area contributed by atoms with Gasteiger partial charge in [0, 0.05) is 41.8 Å². The molecule has 0 spiro atoms. The number of aryl methyl sites for hydroxylation is 1. The second kappa shape index (κ2) is 8.70. The van der Waals surface area contributed by atoms with E-state index in [4.69, 9.17) is 5.10 Å². The van der Waals surface area contributed by atoms with Gasteiger partial charge in [-0.25, -0.2) is 9.67 Å². The summed E-state index contributed by atoms with van der Waals surface area (Å²) in [6.45, 7) is 7.07. The zero-order valence-corrected chi connectivity index (χ0v) is 19.4. The van der Waals surface area contributed by atoms with E-state index in [2.05, 4.69) is 66.0 Å². The number of imidazole rings is 1. The highest BCUT2D eigenvalue weighted by Gasteiger charge is 2.27. The van der Waals surface area contributed by atoms with Gasteiger partial charge in [0.2, 0.25) is 0 Å². The summed E-state index contributed by atoms with van der Waals surface area (Å²) in [7, 11) is 0. The molecule has 1 N–H and O–H groups in total. The van der Waals surface area contributed by atoms with Crippen LogP contribution in [0.5, 0.6) is 0 Å². The number of nitrogens with zero attached hydrogens (tertiary/aromatic N) is 4. The van der Waals surface area contributed by atoms with Gasteiger partial charge < -0.3 is 9.88 Å². The molecule has 6 heteroatoms. The Morgan fingerprint density at radius 1 is 1.12 bits per heavy atom. The van der Waals surface area contributed by atoms with Crippen molar-refractivity contribution in [2.24, 2.45) is 0 Å². The van der Waals surface area contributed by atoms with Gasteiger partial charge in [0.15, 0.2) is 5.69 Å². The molecular formula is C27H29N5O. The molecule has 2 aromatic heterocycles. The number of hydrogen-bond acceptors (Lipinski definition) is 3. The second-order valence-corrected chi connectivity index (χ2v) is 9.10. The summed E-state index contributed by atoms with van der Waals surface area (Å²) in [6.07, 6.45) is 6.73. The summed E-state index contributed by atoms with van der Waals surface area (Å²) >= 11 is 0. The number of anilines is 1. The number of fused-ring (bicyclic) bond motifs is 1. The Balaban J connectivity index is 1.38. The minimum absolute atomic E-state index is 0.151. The molecule has 0 saturated heterocycles. The number of hydrogen-bond donors (Lipinski definition) is 1. The first-order valence-electron chi connectivity index (χ1n) is 11.6. The molecule has 0 fully saturated rings. The van der Waals surface area contributed by atoms with Crippen molar-refractivity contribution in [3.8, 4) is 5.69 Å². The van der Waals surface area contributed by atoms with Crippen molar-refractivity contribution in [1.29, 1.82) is 0 Å². The van der Waals surface area contributed by atoms with Crippen LogP contribution in [0.1, 0.15) is 64.9 Å². The van der Waals surface area contributed by atoms with Crippen molar-refractivity contribution in [2.75, 3.05) is 5.32 Å². The van der Waals surface area contributed by atoms with Gasteiger partial charge >= 0.3 is 0 Å². The van der Waals surface area contributed by atoms with Gasteiger partial charge in [-0.15, -0.1) is 0 Å². The van der Waals surface area contributed by atoms with Crippen molar-refractivity contribution in [1.82, 2.24) is 19.3 Å². The SMILES string of the molecule is Cc1ccc(-n2nc(C(=O)Nc3cccc(Cn4ccnc4C(C)C)c3)c3c2CCC3)cc1. The number of rotatable bonds is 6. The lowest BCUT2D eigenvalue weighted by Gasteiger charge is -2.12. The third kappa shape index (κ3) is 4.21. The molecule has 168 valence electrons. The first-order chi connectivity index (χ1) is 16.0. The van der Waals surface area contributed by atoms with E-state index in [1.54, 1.807) is 0 Å². The maximum atomic E-state index is 13.2. The Morgan fingerprint density at radius 3 is 2.73 bits per heavy atom.